The molecule has 0 aliphatic carbocycles. The van der Waals surface area contributed by atoms with Crippen LogP contribution in [0.1, 0.15) is 20.3 Å². The molecule has 1 unspecified atom stereocenters. The molecule has 0 aromatic carbocycles. The van der Waals surface area contributed by atoms with Gasteiger partial charge in [0, 0.05) is 19.6 Å². The summed E-state index contributed by atoms with van der Waals surface area (Å²) < 4.78 is 0. The Morgan fingerprint density at radius 1 is 1.40 bits per heavy atom. The minimum Gasteiger partial charge on any atom is -0.481 e. The van der Waals surface area contributed by atoms with Crippen LogP contribution in [0.15, 0.2) is 0 Å². The van der Waals surface area contributed by atoms with E-state index in [1.54, 1.807) is 13.8 Å². The molecule has 0 rings (SSSR count). The molecule has 0 spiro atoms. The third kappa shape index (κ3) is 4.64. The fourth-order valence-electron chi connectivity index (χ4n) is 0.875. The second-order valence-electron chi connectivity index (χ2n) is 3.62. The first kappa shape index (κ1) is 13.7. The van der Waals surface area contributed by atoms with Crippen LogP contribution in [-0.4, -0.2) is 36.7 Å². The average Bonchev–Trinajstić information content (AvgIpc) is 2.22. The molecule has 5 N–H and O–H groups in total. The summed E-state index contributed by atoms with van der Waals surface area (Å²) in [7, 11) is 0. The quantitative estimate of drug-likeness (QED) is 0.492. The van der Waals surface area contributed by atoms with Crippen LogP contribution >= 0.6 is 0 Å². The summed E-state index contributed by atoms with van der Waals surface area (Å²) in [6.07, 6.45) is 0.458. The van der Waals surface area contributed by atoms with Gasteiger partial charge in [-0.05, 0) is 13.3 Å². The minimum absolute atomic E-state index is 0.106. The van der Waals surface area contributed by atoms with Gasteiger partial charge in [-0.15, -0.1) is 0 Å². The normalized spacial score (nSPS) is 14.1. The van der Waals surface area contributed by atoms with Crippen LogP contribution in [0.5, 0.6) is 0 Å². The van der Waals surface area contributed by atoms with E-state index in [1.807, 2.05) is 0 Å². The standard InChI is InChI=1S/C9H19N3O3/c1-3-9(2,7(13)14)6-12-8(15)11-5-4-10/h3-6,10H2,1-2H3,(H,13,14)(H2,11,12,15). The maximum absolute atomic E-state index is 11.1. The number of nitrogens with one attached hydrogen (secondary N) is 2. The number of rotatable bonds is 6. The van der Waals surface area contributed by atoms with E-state index in [0.29, 0.717) is 19.5 Å². The minimum atomic E-state index is -0.917. The Balaban J connectivity index is 4.01. The molecule has 0 bridgehead atoms. The summed E-state index contributed by atoms with van der Waals surface area (Å²) in [5.41, 5.74) is 4.28. The Morgan fingerprint density at radius 2 is 2.00 bits per heavy atom. The number of carbonyl (C=O) groups excluding carboxylic acids is 1. The molecule has 15 heavy (non-hydrogen) atoms. The number of amides is 2. The van der Waals surface area contributed by atoms with Crippen molar-refractivity contribution in [3.05, 3.63) is 0 Å². The van der Waals surface area contributed by atoms with Crippen LogP contribution < -0.4 is 16.4 Å². The molecule has 6 heteroatoms. The molecular weight excluding hydrogens is 198 g/mol. The summed E-state index contributed by atoms with van der Waals surface area (Å²) in [6, 6.07) is -0.388. The molecule has 88 valence electrons. The highest BCUT2D eigenvalue weighted by Crippen LogP contribution is 2.19. The van der Waals surface area contributed by atoms with Crippen LogP contribution in [0.2, 0.25) is 0 Å². The zero-order valence-corrected chi connectivity index (χ0v) is 9.17. The van der Waals surface area contributed by atoms with Gasteiger partial charge in [-0.2, -0.15) is 0 Å². The first-order valence-corrected chi connectivity index (χ1v) is 4.91. The number of hydrogen-bond donors (Lipinski definition) is 4. The van der Waals surface area contributed by atoms with Gasteiger partial charge in [0.05, 0.1) is 5.41 Å². The zero-order valence-electron chi connectivity index (χ0n) is 9.17. The number of hydrogen-bond acceptors (Lipinski definition) is 3. The molecule has 2 amide bonds. The van der Waals surface area contributed by atoms with Crippen molar-refractivity contribution in [2.75, 3.05) is 19.6 Å². The maximum Gasteiger partial charge on any atom is 0.314 e. The lowest BCUT2D eigenvalue weighted by atomic mass is 9.88. The maximum atomic E-state index is 11.1. The lowest BCUT2D eigenvalue weighted by Gasteiger charge is -2.23. The molecule has 0 aromatic rings. The first-order chi connectivity index (χ1) is 6.96. The predicted octanol–water partition coefficient (Wildman–Crippen LogP) is -0.255. The second-order valence-corrected chi connectivity index (χ2v) is 3.62. The Bertz CT molecular complexity index is 233. The van der Waals surface area contributed by atoms with Gasteiger partial charge in [0.25, 0.3) is 0 Å². The molecule has 0 fully saturated rings. The largest absolute Gasteiger partial charge is 0.481 e. The van der Waals surface area contributed by atoms with Gasteiger partial charge in [0.2, 0.25) is 0 Å². The highest BCUT2D eigenvalue weighted by Gasteiger charge is 2.31. The molecule has 0 heterocycles. The second kappa shape index (κ2) is 6.23. The van der Waals surface area contributed by atoms with E-state index in [9.17, 15) is 9.59 Å². The fraction of sp³-hybridized carbons (Fsp3) is 0.778. The van der Waals surface area contributed by atoms with Gasteiger partial charge in [0.15, 0.2) is 0 Å². The molecule has 1 atom stereocenters. The Morgan fingerprint density at radius 3 is 2.40 bits per heavy atom. The monoisotopic (exact) mass is 217 g/mol. The van der Waals surface area contributed by atoms with Crippen molar-refractivity contribution >= 4 is 12.0 Å². The van der Waals surface area contributed by atoms with E-state index in [4.69, 9.17) is 10.8 Å². The zero-order chi connectivity index (χ0) is 11.9. The van der Waals surface area contributed by atoms with Gasteiger partial charge in [-0.25, -0.2) is 4.79 Å². The number of carbonyl (C=O) groups is 2. The van der Waals surface area contributed by atoms with Crippen molar-refractivity contribution in [1.82, 2.24) is 10.6 Å². The topological polar surface area (TPSA) is 104 Å². The van der Waals surface area contributed by atoms with Gasteiger partial charge >= 0.3 is 12.0 Å². The lowest BCUT2D eigenvalue weighted by molar-refractivity contribution is -0.147. The van der Waals surface area contributed by atoms with Crippen molar-refractivity contribution in [2.24, 2.45) is 11.1 Å². The van der Waals surface area contributed by atoms with E-state index >= 15 is 0 Å². The van der Waals surface area contributed by atoms with E-state index in [2.05, 4.69) is 10.6 Å². The Hall–Kier alpha value is -1.30. The Kier molecular flexibility index (Phi) is 5.69. The highest BCUT2D eigenvalue weighted by molar-refractivity contribution is 5.77. The fourth-order valence-corrected chi connectivity index (χ4v) is 0.875. The number of nitrogens with two attached hydrogens (primary N) is 1. The van der Waals surface area contributed by atoms with Crippen LogP contribution in [0.25, 0.3) is 0 Å². The van der Waals surface area contributed by atoms with Crippen LogP contribution in [-0.2, 0) is 4.79 Å². The average molecular weight is 217 g/mol. The molecule has 0 aliphatic rings. The molecule has 0 aliphatic heterocycles. The van der Waals surface area contributed by atoms with Crippen molar-refractivity contribution in [1.29, 1.82) is 0 Å². The highest BCUT2D eigenvalue weighted by atomic mass is 16.4. The van der Waals surface area contributed by atoms with Crippen molar-refractivity contribution < 1.29 is 14.7 Å². The summed E-state index contributed by atoms with van der Waals surface area (Å²) in [5.74, 6) is -0.913. The van der Waals surface area contributed by atoms with Gasteiger partial charge in [0.1, 0.15) is 0 Å². The van der Waals surface area contributed by atoms with E-state index in [1.165, 1.54) is 0 Å². The van der Waals surface area contributed by atoms with Gasteiger partial charge in [-0.1, -0.05) is 6.92 Å². The third-order valence-corrected chi connectivity index (χ3v) is 2.37. The Labute approximate surface area is 89.2 Å². The molecule has 0 saturated carbocycles. The van der Waals surface area contributed by atoms with Gasteiger partial charge < -0.3 is 21.5 Å². The lowest BCUT2D eigenvalue weighted by Crippen LogP contribution is -2.45. The molecule has 0 radical (unpaired) electrons. The molecule has 6 nitrogen and oxygen atoms in total. The summed E-state index contributed by atoms with van der Waals surface area (Å²) in [6.45, 7) is 4.21. The van der Waals surface area contributed by atoms with Crippen LogP contribution in [0.4, 0.5) is 4.79 Å². The number of aliphatic carboxylic acids is 1. The van der Waals surface area contributed by atoms with Crippen molar-refractivity contribution in [3.63, 3.8) is 0 Å². The van der Waals surface area contributed by atoms with Crippen LogP contribution in [0, 0.1) is 5.41 Å². The third-order valence-electron chi connectivity index (χ3n) is 2.37. The van der Waals surface area contributed by atoms with Gasteiger partial charge in [-0.3, -0.25) is 4.79 Å². The van der Waals surface area contributed by atoms with E-state index in [0.717, 1.165) is 0 Å². The molecular formula is C9H19N3O3. The smallest absolute Gasteiger partial charge is 0.314 e. The first-order valence-electron chi connectivity index (χ1n) is 4.91. The number of carboxylic acids is 1. The molecule has 0 saturated heterocycles. The SMILES string of the molecule is CCC(C)(CNC(=O)NCCN)C(=O)O. The van der Waals surface area contributed by atoms with Crippen molar-refractivity contribution in [2.45, 2.75) is 20.3 Å². The summed E-state index contributed by atoms with van der Waals surface area (Å²) >= 11 is 0. The molecule has 0 aromatic heterocycles. The predicted molar refractivity (Wildman–Crippen MR) is 56.5 cm³/mol. The van der Waals surface area contributed by atoms with E-state index < -0.39 is 11.4 Å². The van der Waals surface area contributed by atoms with Crippen molar-refractivity contribution in [3.8, 4) is 0 Å². The number of carboxylic acid groups (broad SMARTS) is 1. The summed E-state index contributed by atoms with van der Waals surface area (Å²) in [5, 5.41) is 13.9. The number of urea groups is 1. The summed E-state index contributed by atoms with van der Waals surface area (Å²) in [4.78, 5) is 22.0. The van der Waals surface area contributed by atoms with Crippen LogP contribution in [0.3, 0.4) is 0 Å². The van der Waals surface area contributed by atoms with E-state index in [-0.39, 0.29) is 12.6 Å².